The zero-order valence-corrected chi connectivity index (χ0v) is 11.5. The molecule has 0 saturated carbocycles. The smallest absolute Gasteiger partial charge is 0.124 e. The SMILES string of the molecule is CCC(CC)C(O)C(O)Cc1ccc(F)cc1Cl. The van der Waals surface area contributed by atoms with E-state index in [2.05, 4.69) is 0 Å². The molecule has 1 aromatic carbocycles. The lowest BCUT2D eigenvalue weighted by atomic mass is 9.90. The molecule has 102 valence electrons. The Balaban J connectivity index is 2.71. The molecule has 0 bridgehead atoms. The first-order valence-electron chi connectivity index (χ1n) is 6.29. The second-order valence-electron chi connectivity index (χ2n) is 4.57. The van der Waals surface area contributed by atoms with E-state index in [1.165, 1.54) is 12.1 Å². The monoisotopic (exact) mass is 274 g/mol. The highest BCUT2D eigenvalue weighted by Crippen LogP contribution is 2.22. The van der Waals surface area contributed by atoms with Crippen molar-refractivity contribution in [2.75, 3.05) is 0 Å². The van der Waals surface area contributed by atoms with Gasteiger partial charge >= 0.3 is 0 Å². The summed E-state index contributed by atoms with van der Waals surface area (Å²) in [6.45, 7) is 3.96. The molecule has 0 amide bonds. The van der Waals surface area contributed by atoms with E-state index in [1.54, 1.807) is 6.07 Å². The number of hydrogen-bond donors (Lipinski definition) is 2. The number of aliphatic hydroxyl groups excluding tert-OH is 2. The van der Waals surface area contributed by atoms with Gasteiger partial charge < -0.3 is 10.2 Å². The van der Waals surface area contributed by atoms with E-state index < -0.39 is 18.0 Å². The fraction of sp³-hybridized carbons (Fsp3) is 0.571. The van der Waals surface area contributed by atoms with Crippen molar-refractivity contribution in [2.24, 2.45) is 5.92 Å². The van der Waals surface area contributed by atoms with Crippen LogP contribution in [0.15, 0.2) is 18.2 Å². The summed E-state index contributed by atoms with van der Waals surface area (Å²) < 4.78 is 12.9. The van der Waals surface area contributed by atoms with Gasteiger partial charge in [-0.2, -0.15) is 0 Å². The van der Waals surface area contributed by atoms with Crippen LogP contribution in [0, 0.1) is 11.7 Å². The van der Waals surface area contributed by atoms with E-state index in [1.807, 2.05) is 13.8 Å². The Morgan fingerprint density at radius 1 is 1.22 bits per heavy atom. The summed E-state index contributed by atoms with van der Waals surface area (Å²) in [5.74, 6) is -0.335. The van der Waals surface area contributed by atoms with Crippen molar-refractivity contribution < 1.29 is 14.6 Å². The predicted molar refractivity (Wildman–Crippen MR) is 71.2 cm³/mol. The summed E-state index contributed by atoms with van der Waals surface area (Å²) in [7, 11) is 0. The molecule has 18 heavy (non-hydrogen) atoms. The molecule has 1 aromatic rings. The highest BCUT2D eigenvalue weighted by Gasteiger charge is 2.24. The standard InChI is InChI=1S/C14H20ClFO2/c1-3-9(4-2)14(18)13(17)7-10-5-6-11(16)8-12(10)15/h5-6,8-9,13-14,17-18H,3-4,7H2,1-2H3. The molecule has 0 heterocycles. The molecule has 0 radical (unpaired) electrons. The fourth-order valence-electron chi connectivity index (χ4n) is 2.12. The van der Waals surface area contributed by atoms with Crippen LogP contribution < -0.4 is 0 Å². The molecule has 0 saturated heterocycles. The van der Waals surface area contributed by atoms with E-state index in [0.717, 1.165) is 12.8 Å². The number of benzene rings is 1. The van der Waals surface area contributed by atoms with Crippen molar-refractivity contribution in [3.63, 3.8) is 0 Å². The average molecular weight is 275 g/mol. The molecule has 2 nitrogen and oxygen atoms in total. The third kappa shape index (κ3) is 3.94. The topological polar surface area (TPSA) is 40.5 Å². The first-order chi connectivity index (χ1) is 8.49. The first-order valence-corrected chi connectivity index (χ1v) is 6.67. The highest BCUT2D eigenvalue weighted by molar-refractivity contribution is 6.31. The van der Waals surface area contributed by atoms with Gasteiger partial charge in [-0.25, -0.2) is 4.39 Å². The minimum Gasteiger partial charge on any atom is -0.390 e. The van der Waals surface area contributed by atoms with Crippen molar-refractivity contribution in [1.82, 2.24) is 0 Å². The van der Waals surface area contributed by atoms with Crippen molar-refractivity contribution in [3.05, 3.63) is 34.6 Å². The molecule has 4 heteroatoms. The molecule has 0 fully saturated rings. The van der Waals surface area contributed by atoms with Gasteiger partial charge in [0.2, 0.25) is 0 Å². The van der Waals surface area contributed by atoms with E-state index in [9.17, 15) is 14.6 Å². The van der Waals surface area contributed by atoms with Gasteiger partial charge in [0.1, 0.15) is 5.82 Å². The first kappa shape index (κ1) is 15.4. The molecule has 0 spiro atoms. The number of halogens is 2. The maximum atomic E-state index is 12.9. The lowest BCUT2D eigenvalue weighted by Crippen LogP contribution is -2.34. The molecule has 0 aliphatic heterocycles. The van der Waals surface area contributed by atoms with Crippen LogP contribution in [0.4, 0.5) is 4.39 Å². The lowest BCUT2D eigenvalue weighted by Gasteiger charge is -2.25. The van der Waals surface area contributed by atoms with Gasteiger partial charge in [0.25, 0.3) is 0 Å². The molecule has 0 aliphatic rings. The van der Waals surface area contributed by atoms with Gasteiger partial charge in [0.05, 0.1) is 12.2 Å². The molecule has 2 N–H and O–H groups in total. The summed E-state index contributed by atoms with van der Waals surface area (Å²) in [6, 6.07) is 4.06. The second kappa shape index (κ2) is 7.07. The Hall–Kier alpha value is -0.640. The van der Waals surface area contributed by atoms with Crippen molar-refractivity contribution in [1.29, 1.82) is 0 Å². The van der Waals surface area contributed by atoms with Crippen LogP contribution in [0.1, 0.15) is 32.3 Å². The van der Waals surface area contributed by atoms with Crippen molar-refractivity contribution >= 4 is 11.6 Å². The fourth-order valence-corrected chi connectivity index (χ4v) is 2.36. The summed E-state index contributed by atoms with van der Waals surface area (Å²) in [4.78, 5) is 0. The Labute approximate surface area is 112 Å². The van der Waals surface area contributed by atoms with Crippen LogP contribution in [0.25, 0.3) is 0 Å². The predicted octanol–water partition coefficient (Wildman–Crippen LogP) is 3.18. The van der Waals surface area contributed by atoms with E-state index in [0.29, 0.717) is 5.56 Å². The summed E-state index contributed by atoms with van der Waals surface area (Å²) >= 11 is 5.89. The molecule has 0 aliphatic carbocycles. The van der Waals surface area contributed by atoms with Gasteiger partial charge in [-0.15, -0.1) is 0 Å². The summed E-state index contributed by atoms with van der Waals surface area (Å²) in [6.07, 6.45) is 0.202. The summed E-state index contributed by atoms with van der Waals surface area (Å²) in [5, 5.41) is 20.3. The van der Waals surface area contributed by atoms with Crippen molar-refractivity contribution in [2.45, 2.75) is 45.3 Å². The quantitative estimate of drug-likeness (QED) is 0.836. The van der Waals surface area contributed by atoms with Crippen LogP contribution in [0.3, 0.4) is 0 Å². The van der Waals surface area contributed by atoms with E-state index >= 15 is 0 Å². The van der Waals surface area contributed by atoms with E-state index in [-0.39, 0.29) is 17.4 Å². The Morgan fingerprint density at radius 2 is 1.83 bits per heavy atom. The van der Waals surface area contributed by atoms with Crippen molar-refractivity contribution in [3.8, 4) is 0 Å². The van der Waals surface area contributed by atoms with Crippen LogP contribution in [0.5, 0.6) is 0 Å². The molecule has 0 aromatic heterocycles. The molecular weight excluding hydrogens is 255 g/mol. The number of aliphatic hydroxyl groups is 2. The number of rotatable bonds is 6. The Bertz CT molecular complexity index is 380. The van der Waals surface area contributed by atoms with Crippen LogP contribution in [0.2, 0.25) is 5.02 Å². The van der Waals surface area contributed by atoms with Crippen LogP contribution in [-0.2, 0) is 6.42 Å². The third-order valence-corrected chi connectivity index (χ3v) is 3.72. The average Bonchev–Trinajstić information content (AvgIpc) is 2.34. The van der Waals surface area contributed by atoms with Gasteiger partial charge in [-0.1, -0.05) is 44.4 Å². The van der Waals surface area contributed by atoms with Gasteiger partial charge in [-0.3, -0.25) is 0 Å². The third-order valence-electron chi connectivity index (χ3n) is 3.37. The maximum Gasteiger partial charge on any atom is 0.124 e. The summed E-state index contributed by atoms with van der Waals surface area (Å²) in [5.41, 5.74) is 0.649. The van der Waals surface area contributed by atoms with Gasteiger partial charge in [-0.05, 0) is 23.6 Å². The Morgan fingerprint density at radius 3 is 2.33 bits per heavy atom. The molecule has 1 rings (SSSR count). The van der Waals surface area contributed by atoms with Gasteiger partial charge in [0.15, 0.2) is 0 Å². The normalized spacial score (nSPS) is 14.8. The molecule has 2 unspecified atom stereocenters. The Kier molecular flexibility index (Phi) is 6.06. The zero-order chi connectivity index (χ0) is 13.7. The second-order valence-corrected chi connectivity index (χ2v) is 4.98. The molecule has 2 atom stereocenters. The minimum absolute atomic E-state index is 0.0687. The van der Waals surface area contributed by atoms with E-state index in [4.69, 9.17) is 11.6 Å². The van der Waals surface area contributed by atoms with Crippen LogP contribution >= 0.6 is 11.6 Å². The zero-order valence-electron chi connectivity index (χ0n) is 10.7. The lowest BCUT2D eigenvalue weighted by molar-refractivity contribution is -0.0187. The maximum absolute atomic E-state index is 12.9. The minimum atomic E-state index is -0.877. The largest absolute Gasteiger partial charge is 0.390 e. The van der Waals surface area contributed by atoms with Gasteiger partial charge in [0, 0.05) is 11.4 Å². The van der Waals surface area contributed by atoms with Crippen LogP contribution in [-0.4, -0.2) is 22.4 Å². The number of hydrogen-bond acceptors (Lipinski definition) is 2. The molecular formula is C14H20ClFO2. The highest BCUT2D eigenvalue weighted by atomic mass is 35.5.